The summed E-state index contributed by atoms with van der Waals surface area (Å²) in [7, 11) is 0. The number of benzene rings is 2. The van der Waals surface area contributed by atoms with Crippen LogP contribution in [0.15, 0.2) is 48.5 Å². The summed E-state index contributed by atoms with van der Waals surface area (Å²) in [6, 6.07) is 16.5. The summed E-state index contributed by atoms with van der Waals surface area (Å²) >= 11 is 1.59. The van der Waals surface area contributed by atoms with Gasteiger partial charge in [-0.05, 0) is 49.9 Å². The van der Waals surface area contributed by atoms with Crippen LogP contribution < -0.4 is 4.90 Å². The van der Waals surface area contributed by atoms with Gasteiger partial charge in [0.2, 0.25) is 5.91 Å². The van der Waals surface area contributed by atoms with Crippen LogP contribution in [0.25, 0.3) is 10.2 Å². The monoisotopic (exact) mass is 446 g/mol. The average molecular weight is 447 g/mol. The lowest BCUT2D eigenvalue weighted by Gasteiger charge is -2.20. The Morgan fingerprint density at radius 1 is 1.09 bits per heavy atom. The second-order valence-corrected chi connectivity index (χ2v) is 9.71. The third-order valence-electron chi connectivity index (χ3n) is 5.71. The highest BCUT2D eigenvalue weighted by Crippen LogP contribution is 2.33. The number of hydrogen-bond acceptors (Lipinski definition) is 4. The Kier molecular flexibility index (Phi) is 6.42. The highest BCUT2D eigenvalue weighted by atomic mass is 32.1. The lowest BCUT2D eigenvalue weighted by Crippen LogP contribution is -2.35. The van der Waals surface area contributed by atoms with Gasteiger partial charge in [0.15, 0.2) is 5.13 Å². The van der Waals surface area contributed by atoms with Crippen LogP contribution in [0, 0.1) is 20.8 Å². The largest absolute Gasteiger partial charge is 0.286 e. The first-order valence-electron chi connectivity index (χ1n) is 11.1. The first-order chi connectivity index (χ1) is 15.3. The van der Waals surface area contributed by atoms with Crippen molar-refractivity contribution in [3.8, 4) is 0 Å². The van der Waals surface area contributed by atoms with Gasteiger partial charge >= 0.3 is 0 Å². The molecule has 2 aromatic heterocycles. The molecule has 166 valence electrons. The number of thiazole rings is 1. The minimum Gasteiger partial charge on any atom is -0.286 e. The van der Waals surface area contributed by atoms with E-state index in [1.54, 1.807) is 11.3 Å². The van der Waals surface area contributed by atoms with E-state index in [1.807, 2.05) is 35.6 Å². The van der Waals surface area contributed by atoms with Crippen molar-refractivity contribution in [1.29, 1.82) is 0 Å². The van der Waals surface area contributed by atoms with Crippen LogP contribution >= 0.6 is 11.3 Å². The molecule has 0 saturated heterocycles. The molecule has 1 amide bonds. The van der Waals surface area contributed by atoms with E-state index in [1.165, 1.54) is 11.1 Å². The van der Waals surface area contributed by atoms with E-state index in [-0.39, 0.29) is 5.91 Å². The van der Waals surface area contributed by atoms with Crippen LogP contribution in [-0.2, 0) is 17.8 Å². The number of para-hydroxylation sites is 1. The highest BCUT2D eigenvalue weighted by molar-refractivity contribution is 7.22. The average Bonchev–Trinajstić information content (AvgIpc) is 3.31. The molecule has 0 N–H and O–H groups in total. The van der Waals surface area contributed by atoms with Gasteiger partial charge < -0.3 is 0 Å². The molecule has 0 atom stereocenters. The van der Waals surface area contributed by atoms with Crippen molar-refractivity contribution in [2.45, 2.75) is 53.5 Å². The van der Waals surface area contributed by atoms with Gasteiger partial charge in [-0.15, -0.1) is 0 Å². The van der Waals surface area contributed by atoms with Gasteiger partial charge in [-0.25, -0.2) is 4.98 Å². The molecule has 0 fully saturated rings. The molecule has 4 rings (SSSR count). The SMILES string of the molecule is Cc1ccc(CC(=O)N(CCn2nc(C)cc2C)c2nc3c(C(C)C)cccc3s2)cc1. The third-order valence-corrected chi connectivity index (χ3v) is 6.75. The number of carbonyl (C=O) groups excluding carboxylic acids is 1. The smallest absolute Gasteiger partial charge is 0.233 e. The summed E-state index contributed by atoms with van der Waals surface area (Å²) in [5, 5.41) is 5.33. The molecule has 0 spiro atoms. The number of carbonyl (C=O) groups is 1. The Morgan fingerprint density at radius 2 is 1.84 bits per heavy atom. The van der Waals surface area contributed by atoms with E-state index in [4.69, 9.17) is 4.98 Å². The normalized spacial score (nSPS) is 11.4. The number of nitrogens with zero attached hydrogens (tertiary/aromatic N) is 4. The minimum atomic E-state index is 0.0561. The fourth-order valence-corrected chi connectivity index (χ4v) is 4.98. The molecule has 4 aromatic rings. The fourth-order valence-electron chi connectivity index (χ4n) is 3.94. The van der Waals surface area contributed by atoms with Crippen molar-refractivity contribution in [3.05, 3.63) is 76.6 Å². The lowest BCUT2D eigenvalue weighted by molar-refractivity contribution is -0.118. The zero-order valence-electron chi connectivity index (χ0n) is 19.4. The maximum atomic E-state index is 13.5. The molecule has 0 radical (unpaired) electrons. The molecule has 6 heteroatoms. The zero-order valence-corrected chi connectivity index (χ0v) is 20.2. The molecular formula is C26H30N4OS. The fraction of sp³-hybridized carbons (Fsp3) is 0.346. The van der Waals surface area contributed by atoms with Crippen LogP contribution in [0.4, 0.5) is 5.13 Å². The second kappa shape index (κ2) is 9.25. The molecule has 0 aliphatic rings. The Bertz CT molecular complexity index is 1240. The van der Waals surface area contributed by atoms with Gasteiger partial charge in [0.25, 0.3) is 0 Å². The van der Waals surface area contributed by atoms with E-state index in [0.717, 1.165) is 32.3 Å². The number of hydrogen-bond donors (Lipinski definition) is 0. The molecule has 0 aliphatic heterocycles. The van der Waals surface area contributed by atoms with E-state index in [0.29, 0.717) is 25.4 Å². The summed E-state index contributed by atoms with van der Waals surface area (Å²) in [5.41, 5.74) is 6.51. The van der Waals surface area contributed by atoms with Gasteiger partial charge in [0, 0.05) is 12.2 Å². The number of amides is 1. The van der Waals surface area contributed by atoms with Gasteiger partial charge in [-0.2, -0.15) is 5.10 Å². The van der Waals surface area contributed by atoms with E-state index >= 15 is 0 Å². The molecule has 0 unspecified atom stereocenters. The van der Waals surface area contributed by atoms with Crippen LogP contribution in [-0.4, -0.2) is 27.2 Å². The quantitative estimate of drug-likeness (QED) is 0.360. The van der Waals surface area contributed by atoms with Crippen LogP contribution in [0.2, 0.25) is 0 Å². The van der Waals surface area contributed by atoms with Gasteiger partial charge in [0.1, 0.15) is 0 Å². The van der Waals surface area contributed by atoms with Crippen LogP contribution in [0.3, 0.4) is 0 Å². The van der Waals surface area contributed by atoms with E-state index in [9.17, 15) is 4.79 Å². The Balaban J connectivity index is 1.67. The molecule has 5 nitrogen and oxygen atoms in total. The molecule has 0 saturated carbocycles. The van der Waals surface area contributed by atoms with Crippen molar-refractivity contribution < 1.29 is 4.79 Å². The predicted molar refractivity (Wildman–Crippen MR) is 133 cm³/mol. The number of aryl methyl sites for hydroxylation is 3. The Labute approximate surface area is 193 Å². The van der Waals surface area contributed by atoms with Crippen molar-refractivity contribution in [2.75, 3.05) is 11.4 Å². The summed E-state index contributed by atoms with van der Waals surface area (Å²) in [4.78, 5) is 20.3. The zero-order chi connectivity index (χ0) is 22.8. The molecule has 2 aromatic carbocycles. The predicted octanol–water partition coefficient (Wildman–Crippen LogP) is 5.82. The maximum absolute atomic E-state index is 13.5. The van der Waals surface area contributed by atoms with Gasteiger partial charge in [-0.1, -0.05) is 67.1 Å². The number of fused-ring (bicyclic) bond motifs is 1. The standard InChI is InChI=1S/C26H30N4OS/c1-17(2)22-7-6-8-23-25(22)27-26(32-23)29(13-14-30-20(5)15-19(4)28-30)24(31)16-21-11-9-18(3)10-12-21/h6-12,15,17H,13-14,16H2,1-5H3. The molecule has 2 heterocycles. The number of rotatable bonds is 7. The number of anilines is 1. The van der Waals surface area contributed by atoms with Crippen molar-refractivity contribution in [1.82, 2.24) is 14.8 Å². The van der Waals surface area contributed by atoms with Gasteiger partial charge in [-0.3, -0.25) is 14.4 Å². The Hall–Kier alpha value is -2.99. The first-order valence-corrected chi connectivity index (χ1v) is 11.9. The van der Waals surface area contributed by atoms with Crippen molar-refractivity contribution >= 4 is 32.6 Å². The number of aromatic nitrogens is 3. The van der Waals surface area contributed by atoms with E-state index < -0.39 is 0 Å². The summed E-state index contributed by atoms with van der Waals surface area (Å²) < 4.78 is 3.08. The van der Waals surface area contributed by atoms with Crippen molar-refractivity contribution in [3.63, 3.8) is 0 Å². The molecular weight excluding hydrogens is 416 g/mol. The minimum absolute atomic E-state index is 0.0561. The topological polar surface area (TPSA) is 51.0 Å². The third kappa shape index (κ3) is 4.75. The first kappa shape index (κ1) is 22.2. The van der Waals surface area contributed by atoms with Gasteiger partial charge in [0.05, 0.1) is 28.9 Å². The highest BCUT2D eigenvalue weighted by Gasteiger charge is 2.22. The second-order valence-electron chi connectivity index (χ2n) is 8.70. The Morgan fingerprint density at radius 3 is 2.50 bits per heavy atom. The van der Waals surface area contributed by atoms with Crippen LogP contribution in [0.5, 0.6) is 0 Å². The van der Waals surface area contributed by atoms with E-state index in [2.05, 4.69) is 62.3 Å². The summed E-state index contributed by atoms with van der Waals surface area (Å²) in [5.74, 6) is 0.431. The lowest BCUT2D eigenvalue weighted by atomic mass is 10.0. The maximum Gasteiger partial charge on any atom is 0.233 e. The molecule has 0 aliphatic carbocycles. The van der Waals surface area contributed by atoms with Crippen LogP contribution in [0.1, 0.15) is 47.8 Å². The summed E-state index contributed by atoms with van der Waals surface area (Å²) in [6.45, 7) is 11.6. The van der Waals surface area contributed by atoms with Crippen molar-refractivity contribution in [2.24, 2.45) is 0 Å². The summed E-state index contributed by atoms with van der Waals surface area (Å²) in [6.07, 6.45) is 0.352. The molecule has 32 heavy (non-hydrogen) atoms. The molecule has 0 bridgehead atoms.